The molecule has 0 atom stereocenters. The third-order valence-electron chi connectivity index (χ3n) is 3.36. The van der Waals surface area contributed by atoms with Gasteiger partial charge in [-0.3, -0.25) is 9.59 Å². The minimum atomic E-state index is -1.05. The molecule has 0 unspecified atom stereocenters. The van der Waals surface area contributed by atoms with Gasteiger partial charge in [0.15, 0.2) is 5.69 Å². The molecule has 1 heterocycles. The fraction of sp³-hybridized carbons (Fsp3) is 0.353. The Balaban J connectivity index is 2.32. The van der Waals surface area contributed by atoms with Gasteiger partial charge >= 0.3 is 5.97 Å². The second-order valence-corrected chi connectivity index (χ2v) is 6.47. The lowest BCUT2D eigenvalue weighted by Gasteiger charge is -2.21. The molecular formula is C17H20ClN3O3. The molecule has 1 aromatic carbocycles. The second-order valence-electron chi connectivity index (χ2n) is 6.04. The predicted octanol–water partition coefficient (Wildman–Crippen LogP) is 3.02. The minimum Gasteiger partial charge on any atom is -0.480 e. The van der Waals surface area contributed by atoms with E-state index in [4.69, 9.17) is 16.7 Å². The molecule has 6 nitrogen and oxygen atoms in total. The zero-order chi connectivity index (χ0) is 17.9. The summed E-state index contributed by atoms with van der Waals surface area (Å²) in [6.45, 7) is 5.69. The van der Waals surface area contributed by atoms with Gasteiger partial charge in [-0.15, -0.1) is 0 Å². The topological polar surface area (TPSA) is 75.4 Å². The van der Waals surface area contributed by atoms with Crippen LogP contribution in [-0.4, -0.2) is 44.8 Å². The molecule has 2 rings (SSSR count). The van der Waals surface area contributed by atoms with Gasteiger partial charge in [0.1, 0.15) is 6.54 Å². The molecule has 1 N–H and O–H groups in total. The summed E-state index contributed by atoms with van der Waals surface area (Å²) in [5.74, 6) is -1.28. The van der Waals surface area contributed by atoms with Crippen molar-refractivity contribution >= 4 is 23.5 Å². The Morgan fingerprint density at radius 2 is 2.04 bits per heavy atom. The summed E-state index contributed by atoms with van der Waals surface area (Å²) in [5, 5.41) is 13.9. The molecule has 1 aromatic heterocycles. The number of nitrogens with zero attached hydrogens (tertiary/aromatic N) is 3. The van der Waals surface area contributed by atoms with Crippen molar-refractivity contribution in [1.29, 1.82) is 0 Å². The van der Waals surface area contributed by atoms with Crippen molar-refractivity contribution in [2.45, 2.75) is 20.8 Å². The van der Waals surface area contributed by atoms with Crippen molar-refractivity contribution < 1.29 is 14.7 Å². The Bertz CT molecular complexity index is 755. The van der Waals surface area contributed by atoms with Crippen LogP contribution in [0, 0.1) is 12.8 Å². The van der Waals surface area contributed by atoms with Crippen LogP contribution in [0.5, 0.6) is 0 Å². The number of carboxylic acid groups (broad SMARTS) is 1. The number of carbonyl (C=O) groups is 2. The SMILES string of the molecule is Cc1cc(C(=O)N(CC(=O)O)CC(C)C)nn1-c1cccc(Cl)c1. The molecular weight excluding hydrogens is 330 g/mol. The summed E-state index contributed by atoms with van der Waals surface area (Å²) in [5.41, 5.74) is 1.72. The molecule has 128 valence electrons. The molecule has 0 saturated heterocycles. The highest BCUT2D eigenvalue weighted by atomic mass is 35.5. The highest BCUT2D eigenvalue weighted by Gasteiger charge is 2.22. The summed E-state index contributed by atoms with van der Waals surface area (Å²) >= 11 is 6.00. The van der Waals surface area contributed by atoms with Crippen molar-refractivity contribution in [3.8, 4) is 5.69 Å². The number of aliphatic carboxylic acids is 1. The van der Waals surface area contributed by atoms with Gasteiger partial charge in [-0.05, 0) is 37.1 Å². The zero-order valence-electron chi connectivity index (χ0n) is 13.9. The molecule has 1 amide bonds. The molecule has 0 radical (unpaired) electrons. The van der Waals surface area contributed by atoms with Gasteiger partial charge in [-0.25, -0.2) is 4.68 Å². The minimum absolute atomic E-state index is 0.157. The van der Waals surface area contributed by atoms with Crippen LogP contribution in [0.1, 0.15) is 30.0 Å². The highest BCUT2D eigenvalue weighted by molar-refractivity contribution is 6.30. The number of hydrogen-bond donors (Lipinski definition) is 1. The van der Waals surface area contributed by atoms with Gasteiger partial charge in [0, 0.05) is 17.3 Å². The van der Waals surface area contributed by atoms with Gasteiger partial charge < -0.3 is 10.0 Å². The molecule has 0 aliphatic carbocycles. The van der Waals surface area contributed by atoms with E-state index in [9.17, 15) is 9.59 Å². The van der Waals surface area contributed by atoms with Crippen molar-refractivity contribution in [2.24, 2.45) is 5.92 Å². The van der Waals surface area contributed by atoms with Crippen molar-refractivity contribution in [3.63, 3.8) is 0 Å². The third-order valence-corrected chi connectivity index (χ3v) is 3.59. The number of aryl methyl sites for hydroxylation is 1. The van der Waals surface area contributed by atoms with Crippen LogP contribution in [0.15, 0.2) is 30.3 Å². The van der Waals surface area contributed by atoms with E-state index in [0.717, 1.165) is 11.4 Å². The van der Waals surface area contributed by atoms with Crippen molar-refractivity contribution in [2.75, 3.05) is 13.1 Å². The fourth-order valence-electron chi connectivity index (χ4n) is 2.43. The van der Waals surface area contributed by atoms with Crippen LogP contribution >= 0.6 is 11.6 Å². The number of benzene rings is 1. The van der Waals surface area contributed by atoms with Gasteiger partial charge in [-0.1, -0.05) is 31.5 Å². The van der Waals surface area contributed by atoms with Crippen LogP contribution in [0.3, 0.4) is 0 Å². The maximum absolute atomic E-state index is 12.6. The number of carbonyl (C=O) groups excluding carboxylic acids is 1. The summed E-state index contributed by atoms with van der Waals surface area (Å²) in [6.07, 6.45) is 0. The van der Waals surface area contributed by atoms with Crippen molar-refractivity contribution in [3.05, 3.63) is 46.7 Å². The first kappa shape index (κ1) is 18.0. The van der Waals surface area contributed by atoms with E-state index in [-0.39, 0.29) is 18.2 Å². The third kappa shape index (κ3) is 4.35. The normalized spacial score (nSPS) is 10.9. The average Bonchev–Trinajstić information content (AvgIpc) is 2.87. The fourth-order valence-corrected chi connectivity index (χ4v) is 2.62. The van der Waals surface area contributed by atoms with Gasteiger partial charge in [0.2, 0.25) is 0 Å². The van der Waals surface area contributed by atoms with E-state index >= 15 is 0 Å². The van der Waals surface area contributed by atoms with Gasteiger partial charge in [0.05, 0.1) is 5.69 Å². The molecule has 7 heteroatoms. The monoisotopic (exact) mass is 349 g/mol. The van der Waals surface area contributed by atoms with Crippen LogP contribution in [0.4, 0.5) is 0 Å². The molecule has 0 bridgehead atoms. The molecule has 0 fully saturated rings. The quantitative estimate of drug-likeness (QED) is 0.869. The van der Waals surface area contributed by atoms with Crippen molar-refractivity contribution in [1.82, 2.24) is 14.7 Å². The van der Waals surface area contributed by atoms with E-state index in [2.05, 4.69) is 5.10 Å². The number of aromatic nitrogens is 2. The Hall–Kier alpha value is -2.34. The summed E-state index contributed by atoms with van der Waals surface area (Å²) < 4.78 is 1.62. The summed E-state index contributed by atoms with van der Waals surface area (Å²) in [7, 11) is 0. The Morgan fingerprint density at radius 1 is 1.33 bits per heavy atom. The molecule has 0 aliphatic heterocycles. The van der Waals surface area contributed by atoms with E-state index in [1.807, 2.05) is 26.8 Å². The standard InChI is InChI=1S/C17H20ClN3O3/c1-11(2)9-20(10-16(22)23)17(24)15-7-12(3)21(19-15)14-6-4-5-13(18)8-14/h4-8,11H,9-10H2,1-3H3,(H,22,23). The molecule has 0 saturated carbocycles. The lowest BCUT2D eigenvalue weighted by Crippen LogP contribution is -2.38. The Kier molecular flexibility index (Phi) is 5.62. The van der Waals surface area contributed by atoms with Crippen LogP contribution in [-0.2, 0) is 4.79 Å². The number of amides is 1. The highest BCUT2D eigenvalue weighted by Crippen LogP contribution is 2.17. The summed E-state index contributed by atoms with van der Waals surface area (Å²) in [4.78, 5) is 25.0. The lowest BCUT2D eigenvalue weighted by molar-refractivity contribution is -0.137. The van der Waals surface area contributed by atoms with E-state index in [0.29, 0.717) is 11.6 Å². The number of rotatable bonds is 6. The van der Waals surface area contributed by atoms with Crippen LogP contribution < -0.4 is 0 Å². The van der Waals surface area contributed by atoms with Crippen LogP contribution in [0.2, 0.25) is 5.02 Å². The number of carboxylic acids is 1. The predicted molar refractivity (Wildman–Crippen MR) is 91.7 cm³/mol. The Labute approximate surface area is 145 Å². The van der Waals surface area contributed by atoms with Crippen LogP contribution in [0.25, 0.3) is 5.69 Å². The second kappa shape index (κ2) is 7.49. The first-order valence-electron chi connectivity index (χ1n) is 7.61. The van der Waals surface area contributed by atoms with E-state index in [1.165, 1.54) is 4.90 Å². The molecule has 0 spiro atoms. The maximum atomic E-state index is 12.6. The lowest BCUT2D eigenvalue weighted by atomic mass is 10.2. The molecule has 2 aromatic rings. The number of halogens is 1. The first-order chi connectivity index (χ1) is 11.3. The van der Waals surface area contributed by atoms with E-state index < -0.39 is 11.9 Å². The first-order valence-corrected chi connectivity index (χ1v) is 7.99. The molecule has 0 aliphatic rings. The average molecular weight is 350 g/mol. The zero-order valence-corrected chi connectivity index (χ0v) is 14.6. The largest absolute Gasteiger partial charge is 0.480 e. The Morgan fingerprint density at radius 3 is 2.62 bits per heavy atom. The molecule has 24 heavy (non-hydrogen) atoms. The van der Waals surface area contributed by atoms with E-state index in [1.54, 1.807) is 28.9 Å². The smallest absolute Gasteiger partial charge is 0.323 e. The maximum Gasteiger partial charge on any atom is 0.323 e. The van der Waals surface area contributed by atoms with Gasteiger partial charge in [-0.2, -0.15) is 5.10 Å². The van der Waals surface area contributed by atoms with Gasteiger partial charge in [0.25, 0.3) is 5.91 Å². The number of hydrogen-bond acceptors (Lipinski definition) is 3. The summed E-state index contributed by atoms with van der Waals surface area (Å²) in [6, 6.07) is 8.80.